The first-order chi connectivity index (χ1) is 9.26. The second-order valence-electron chi connectivity index (χ2n) is 6.12. The monoisotopic (exact) mass is 259 g/mol. The van der Waals surface area contributed by atoms with Gasteiger partial charge in [0.2, 0.25) is 0 Å². The van der Waals surface area contributed by atoms with Gasteiger partial charge in [0, 0.05) is 11.6 Å². The number of hydrogen-bond donors (Lipinski definition) is 1. The fourth-order valence-corrected chi connectivity index (χ4v) is 4.14. The van der Waals surface area contributed by atoms with Gasteiger partial charge in [-0.15, -0.1) is 0 Å². The Morgan fingerprint density at radius 3 is 2.68 bits per heavy atom. The smallest absolute Gasteiger partial charge is 0.123 e. The molecule has 2 heteroatoms. The molecule has 1 aromatic rings. The standard InChI is InChI=1S/C17H25NO/c1-4-18-17(16-12-6-5-7-13(12)16)14-10-11(2)8-9-15(14)19-3/h8-10,12-13,16-18H,4-7H2,1-3H3. The van der Waals surface area contributed by atoms with Crippen molar-refractivity contribution in [3.8, 4) is 5.75 Å². The summed E-state index contributed by atoms with van der Waals surface area (Å²) >= 11 is 0. The summed E-state index contributed by atoms with van der Waals surface area (Å²) in [5.41, 5.74) is 2.69. The zero-order valence-corrected chi connectivity index (χ0v) is 12.3. The van der Waals surface area contributed by atoms with Crippen molar-refractivity contribution in [3.63, 3.8) is 0 Å². The van der Waals surface area contributed by atoms with Crippen molar-refractivity contribution in [2.24, 2.45) is 17.8 Å². The summed E-state index contributed by atoms with van der Waals surface area (Å²) in [4.78, 5) is 0. The molecule has 0 spiro atoms. The minimum absolute atomic E-state index is 0.482. The van der Waals surface area contributed by atoms with E-state index in [1.165, 1.54) is 30.4 Å². The van der Waals surface area contributed by atoms with Crippen molar-refractivity contribution in [3.05, 3.63) is 29.3 Å². The normalized spacial score (nSPS) is 29.9. The Balaban J connectivity index is 1.89. The van der Waals surface area contributed by atoms with Gasteiger partial charge in [-0.05, 0) is 50.1 Å². The number of rotatable bonds is 5. The van der Waals surface area contributed by atoms with Gasteiger partial charge >= 0.3 is 0 Å². The van der Waals surface area contributed by atoms with Crippen molar-refractivity contribution >= 4 is 0 Å². The summed E-state index contributed by atoms with van der Waals surface area (Å²) < 4.78 is 5.59. The highest BCUT2D eigenvalue weighted by molar-refractivity contribution is 5.40. The van der Waals surface area contributed by atoms with Crippen LogP contribution >= 0.6 is 0 Å². The summed E-state index contributed by atoms with van der Waals surface area (Å²) in [5, 5.41) is 3.71. The van der Waals surface area contributed by atoms with Crippen molar-refractivity contribution in [1.82, 2.24) is 5.32 Å². The Kier molecular flexibility index (Phi) is 3.53. The lowest BCUT2D eigenvalue weighted by Gasteiger charge is -2.23. The van der Waals surface area contributed by atoms with Gasteiger partial charge in [-0.25, -0.2) is 0 Å². The molecule has 104 valence electrons. The van der Waals surface area contributed by atoms with E-state index in [4.69, 9.17) is 4.74 Å². The molecule has 0 radical (unpaired) electrons. The molecule has 0 saturated heterocycles. The summed E-state index contributed by atoms with van der Waals surface area (Å²) in [5.74, 6) is 3.81. The van der Waals surface area contributed by atoms with Crippen LogP contribution in [-0.2, 0) is 0 Å². The van der Waals surface area contributed by atoms with E-state index in [2.05, 4.69) is 37.4 Å². The second-order valence-corrected chi connectivity index (χ2v) is 6.12. The fourth-order valence-electron chi connectivity index (χ4n) is 4.14. The molecule has 1 aromatic carbocycles. The highest BCUT2D eigenvalue weighted by Gasteiger charge is 2.56. The van der Waals surface area contributed by atoms with Gasteiger partial charge in [0.05, 0.1) is 7.11 Å². The molecule has 3 atom stereocenters. The molecule has 0 heterocycles. The van der Waals surface area contributed by atoms with Gasteiger partial charge < -0.3 is 10.1 Å². The maximum Gasteiger partial charge on any atom is 0.123 e. The molecule has 2 fully saturated rings. The van der Waals surface area contributed by atoms with Gasteiger partial charge in [-0.2, -0.15) is 0 Å². The van der Waals surface area contributed by atoms with Gasteiger partial charge in [0.1, 0.15) is 5.75 Å². The number of ether oxygens (including phenoxy) is 1. The van der Waals surface area contributed by atoms with Gasteiger partial charge in [-0.3, -0.25) is 0 Å². The zero-order chi connectivity index (χ0) is 13.4. The Morgan fingerprint density at radius 2 is 2.05 bits per heavy atom. The minimum atomic E-state index is 0.482. The van der Waals surface area contributed by atoms with Gasteiger partial charge in [0.15, 0.2) is 0 Å². The second kappa shape index (κ2) is 5.16. The molecule has 1 N–H and O–H groups in total. The lowest BCUT2D eigenvalue weighted by atomic mass is 9.95. The Labute approximate surface area is 116 Å². The van der Waals surface area contributed by atoms with E-state index in [-0.39, 0.29) is 0 Å². The fraction of sp³-hybridized carbons (Fsp3) is 0.647. The predicted molar refractivity (Wildman–Crippen MR) is 78.5 cm³/mol. The number of methoxy groups -OCH3 is 1. The molecule has 0 bridgehead atoms. The van der Waals surface area contributed by atoms with Crippen LogP contribution in [0.5, 0.6) is 5.75 Å². The van der Waals surface area contributed by atoms with Crippen molar-refractivity contribution in [1.29, 1.82) is 0 Å². The first-order valence-electron chi connectivity index (χ1n) is 7.64. The highest BCUT2D eigenvalue weighted by atomic mass is 16.5. The number of nitrogens with one attached hydrogen (secondary N) is 1. The topological polar surface area (TPSA) is 21.3 Å². The average Bonchev–Trinajstić information content (AvgIpc) is 2.87. The highest BCUT2D eigenvalue weighted by Crippen LogP contribution is 2.62. The van der Waals surface area contributed by atoms with Crippen LogP contribution in [0.1, 0.15) is 43.4 Å². The summed E-state index contributed by atoms with van der Waals surface area (Å²) in [7, 11) is 1.78. The molecule has 0 aromatic heterocycles. The quantitative estimate of drug-likeness (QED) is 0.870. The number of hydrogen-bond acceptors (Lipinski definition) is 2. The van der Waals surface area contributed by atoms with E-state index in [0.29, 0.717) is 6.04 Å². The van der Waals surface area contributed by atoms with Crippen molar-refractivity contribution in [2.75, 3.05) is 13.7 Å². The Morgan fingerprint density at radius 1 is 1.32 bits per heavy atom. The third kappa shape index (κ3) is 2.27. The first kappa shape index (κ1) is 13.0. The van der Waals surface area contributed by atoms with Crippen LogP contribution in [0.4, 0.5) is 0 Å². The third-order valence-electron chi connectivity index (χ3n) is 5.00. The number of benzene rings is 1. The zero-order valence-electron chi connectivity index (χ0n) is 12.3. The van der Waals surface area contributed by atoms with Crippen LogP contribution in [0.15, 0.2) is 18.2 Å². The summed E-state index contributed by atoms with van der Waals surface area (Å²) in [6.07, 6.45) is 4.31. The van der Waals surface area contributed by atoms with Crippen LogP contribution < -0.4 is 10.1 Å². The maximum absolute atomic E-state index is 5.59. The average molecular weight is 259 g/mol. The SMILES string of the molecule is CCNC(c1cc(C)ccc1OC)C1C2CCCC21. The molecule has 3 unspecified atom stereocenters. The molecular formula is C17H25NO. The van der Waals surface area contributed by atoms with E-state index >= 15 is 0 Å². The minimum Gasteiger partial charge on any atom is -0.496 e. The lowest BCUT2D eigenvalue weighted by molar-refractivity contribution is 0.377. The van der Waals surface area contributed by atoms with Crippen molar-refractivity contribution in [2.45, 2.75) is 39.2 Å². The molecule has 19 heavy (non-hydrogen) atoms. The van der Waals surface area contributed by atoms with E-state index < -0.39 is 0 Å². The number of fused-ring (bicyclic) bond motifs is 1. The Hall–Kier alpha value is -1.02. The largest absolute Gasteiger partial charge is 0.496 e. The van der Waals surface area contributed by atoms with E-state index in [1.807, 2.05) is 0 Å². The summed E-state index contributed by atoms with van der Waals surface area (Å²) in [6, 6.07) is 7.04. The molecule has 2 nitrogen and oxygen atoms in total. The molecule has 2 aliphatic carbocycles. The van der Waals surface area contributed by atoms with E-state index in [9.17, 15) is 0 Å². The third-order valence-corrected chi connectivity index (χ3v) is 5.00. The molecule has 3 rings (SSSR count). The van der Waals surface area contributed by atoms with Crippen molar-refractivity contribution < 1.29 is 4.74 Å². The van der Waals surface area contributed by atoms with Gasteiger partial charge in [-0.1, -0.05) is 31.0 Å². The molecule has 0 amide bonds. The van der Waals surface area contributed by atoms with Crippen LogP contribution in [0.3, 0.4) is 0 Å². The Bertz CT molecular complexity index is 447. The first-order valence-corrected chi connectivity index (χ1v) is 7.64. The predicted octanol–water partition coefficient (Wildman–Crippen LogP) is 3.70. The van der Waals surface area contributed by atoms with E-state index in [0.717, 1.165) is 30.0 Å². The molecule has 2 saturated carbocycles. The van der Waals surface area contributed by atoms with Crippen LogP contribution in [0, 0.1) is 24.7 Å². The van der Waals surface area contributed by atoms with Gasteiger partial charge in [0.25, 0.3) is 0 Å². The number of aryl methyl sites for hydroxylation is 1. The van der Waals surface area contributed by atoms with Crippen LogP contribution in [-0.4, -0.2) is 13.7 Å². The van der Waals surface area contributed by atoms with Crippen LogP contribution in [0.25, 0.3) is 0 Å². The maximum atomic E-state index is 5.59. The van der Waals surface area contributed by atoms with E-state index in [1.54, 1.807) is 7.11 Å². The molecule has 0 aliphatic heterocycles. The molecule has 2 aliphatic rings. The van der Waals surface area contributed by atoms with Crippen LogP contribution in [0.2, 0.25) is 0 Å². The molecular weight excluding hydrogens is 234 g/mol. The summed E-state index contributed by atoms with van der Waals surface area (Å²) in [6.45, 7) is 5.39. The lowest BCUT2D eigenvalue weighted by Crippen LogP contribution is -2.25.